The third-order valence-corrected chi connectivity index (χ3v) is 3.88. The number of likely N-dealkylation sites (tertiary alicyclic amines) is 1. The van der Waals surface area contributed by atoms with E-state index in [-0.39, 0.29) is 6.10 Å². The smallest absolute Gasteiger partial charge is 0.126 e. The van der Waals surface area contributed by atoms with Gasteiger partial charge in [-0.25, -0.2) is 4.98 Å². The molecule has 1 aliphatic rings. The number of aliphatic hydroxyl groups excluding tert-OH is 1. The number of aliphatic hydroxyl groups is 1. The van der Waals surface area contributed by atoms with E-state index in [4.69, 9.17) is 11.6 Å². The highest BCUT2D eigenvalue weighted by atomic mass is 35.5. The molecule has 1 aromatic rings. The highest BCUT2D eigenvalue weighted by Crippen LogP contribution is 2.24. The second-order valence-corrected chi connectivity index (χ2v) is 5.31. The molecule has 0 spiro atoms. The van der Waals surface area contributed by atoms with Crippen LogP contribution in [0.2, 0.25) is 5.02 Å². The molecule has 2 rings (SSSR count). The van der Waals surface area contributed by atoms with Crippen molar-refractivity contribution in [3.8, 4) is 0 Å². The van der Waals surface area contributed by atoms with Crippen molar-refractivity contribution >= 4 is 17.4 Å². The molecule has 0 amide bonds. The van der Waals surface area contributed by atoms with Gasteiger partial charge in [0.05, 0.1) is 16.8 Å². The molecule has 1 aromatic heterocycles. The van der Waals surface area contributed by atoms with Gasteiger partial charge in [-0.15, -0.1) is 0 Å². The van der Waals surface area contributed by atoms with Crippen LogP contribution >= 0.6 is 11.6 Å². The summed E-state index contributed by atoms with van der Waals surface area (Å²) in [5.74, 6) is 1.21. The third kappa shape index (κ3) is 3.13. The Kier molecular flexibility index (Phi) is 4.43. The van der Waals surface area contributed by atoms with Gasteiger partial charge >= 0.3 is 0 Å². The van der Waals surface area contributed by atoms with E-state index in [0.717, 1.165) is 37.6 Å². The number of nitrogens with zero attached hydrogens (tertiary/aromatic N) is 2. The van der Waals surface area contributed by atoms with Gasteiger partial charge in [-0.05, 0) is 37.9 Å². The van der Waals surface area contributed by atoms with Crippen molar-refractivity contribution in [2.24, 2.45) is 5.92 Å². The molecule has 0 bridgehead atoms. The molecule has 0 saturated carbocycles. The molecule has 2 unspecified atom stereocenters. The van der Waals surface area contributed by atoms with Crippen LogP contribution in [0.25, 0.3) is 0 Å². The summed E-state index contributed by atoms with van der Waals surface area (Å²) >= 11 is 6.16. The average Bonchev–Trinajstić information content (AvgIpc) is 2.81. The lowest BCUT2D eigenvalue weighted by Crippen LogP contribution is -2.24. The molecule has 4 nitrogen and oxygen atoms in total. The third-order valence-electron chi connectivity index (χ3n) is 3.54. The number of hydrogen-bond acceptors (Lipinski definition) is 4. The van der Waals surface area contributed by atoms with Crippen molar-refractivity contribution in [2.75, 3.05) is 25.5 Å². The highest BCUT2D eigenvalue weighted by molar-refractivity contribution is 6.31. The number of hydrogen-bond donors (Lipinski definition) is 2. The molecule has 18 heavy (non-hydrogen) atoms. The Hall–Kier alpha value is -0.840. The van der Waals surface area contributed by atoms with Gasteiger partial charge in [0.1, 0.15) is 5.82 Å². The van der Waals surface area contributed by atoms with Gasteiger partial charge in [0.2, 0.25) is 0 Å². The zero-order valence-corrected chi connectivity index (χ0v) is 11.6. The number of halogens is 1. The number of pyridine rings is 1. The zero-order chi connectivity index (χ0) is 13.1. The molecular formula is C13H20ClN3O. The van der Waals surface area contributed by atoms with Crippen LogP contribution in [0.5, 0.6) is 0 Å². The molecule has 1 saturated heterocycles. The highest BCUT2D eigenvalue weighted by Gasteiger charge is 2.26. The fourth-order valence-corrected chi connectivity index (χ4v) is 2.51. The Balaban J connectivity index is 2.02. The van der Waals surface area contributed by atoms with Crippen molar-refractivity contribution in [3.63, 3.8) is 0 Å². The minimum atomic E-state index is -0.234. The van der Waals surface area contributed by atoms with E-state index >= 15 is 0 Å². The largest absolute Gasteiger partial charge is 0.393 e. The average molecular weight is 270 g/mol. The van der Waals surface area contributed by atoms with Crippen LogP contribution in [0.15, 0.2) is 12.1 Å². The van der Waals surface area contributed by atoms with E-state index < -0.39 is 0 Å². The molecule has 5 heteroatoms. The molecule has 1 aliphatic heterocycles. The lowest BCUT2D eigenvalue weighted by Gasteiger charge is -2.17. The summed E-state index contributed by atoms with van der Waals surface area (Å²) < 4.78 is 0. The first-order valence-corrected chi connectivity index (χ1v) is 6.71. The summed E-state index contributed by atoms with van der Waals surface area (Å²) in [5, 5.41) is 13.3. The maximum absolute atomic E-state index is 9.59. The maximum Gasteiger partial charge on any atom is 0.126 e. The molecule has 2 N–H and O–H groups in total. The number of rotatable bonds is 4. The summed E-state index contributed by atoms with van der Waals surface area (Å²) in [5.41, 5.74) is 0.898. The quantitative estimate of drug-likeness (QED) is 0.878. The van der Waals surface area contributed by atoms with E-state index in [1.807, 2.05) is 26.1 Å². The molecule has 0 aromatic carbocycles. The normalized spacial score (nSPS) is 22.1. The van der Waals surface area contributed by atoms with Gasteiger partial charge in [0.15, 0.2) is 0 Å². The number of nitrogens with one attached hydrogen (secondary N) is 1. The van der Waals surface area contributed by atoms with E-state index in [9.17, 15) is 5.11 Å². The van der Waals surface area contributed by atoms with Gasteiger partial charge in [-0.1, -0.05) is 11.6 Å². The fraction of sp³-hybridized carbons (Fsp3) is 0.615. The SMILES string of the molecule is CNc1ccc(Cl)c(CN2CCC(C(C)O)C2)n1. The van der Waals surface area contributed by atoms with Crippen LogP contribution in [0, 0.1) is 5.92 Å². The molecule has 0 aliphatic carbocycles. The van der Waals surface area contributed by atoms with E-state index in [2.05, 4.69) is 15.2 Å². The number of aromatic nitrogens is 1. The van der Waals surface area contributed by atoms with Crippen molar-refractivity contribution in [2.45, 2.75) is 26.0 Å². The fourth-order valence-electron chi connectivity index (χ4n) is 2.35. The Morgan fingerprint density at radius 2 is 2.39 bits per heavy atom. The first-order chi connectivity index (χ1) is 8.60. The summed E-state index contributed by atoms with van der Waals surface area (Å²) in [7, 11) is 1.85. The monoisotopic (exact) mass is 269 g/mol. The van der Waals surface area contributed by atoms with Crippen molar-refractivity contribution in [1.29, 1.82) is 0 Å². The van der Waals surface area contributed by atoms with Crippen molar-refractivity contribution < 1.29 is 5.11 Å². The predicted molar refractivity (Wildman–Crippen MR) is 73.9 cm³/mol. The summed E-state index contributed by atoms with van der Waals surface area (Å²) in [6.07, 6.45) is 0.808. The first-order valence-electron chi connectivity index (χ1n) is 6.33. The minimum absolute atomic E-state index is 0.234. The topological polar surface area (TPSA) is 48.4 Å². The second-order valence-electron chi connectivity index (χ2n) is 4.90. The molecule has 2 heterocycles. The van der Waals surface area contributed by atoms with Gasteiger partial charge < -0.3 is 10.4 Å². The minimum Gasteiger partial charge on any atom is -0.393 e. The Morgan fingerprint density at radius 3 is 3.00 bits per heavy atom. The predicted octanol–water partition coefficient (Wildman–Crippen LogP) is 1.98. The molecular weight excluding hydrogens is 250 g/mol. The Labute approximate surface area is 113 Å². The van der Waals surface area contributed by atoms with Crippen LogP contribution in [0.1, 0.15) is 19.0 Å². The van der Waals surface area contributed by atoms with E-state index in [1.54, 1.807) is 0 Å². The van der Waals surface area contributed by atoms with Crippen LogP contribution in [-0.2, 0) is 6.54 Å². The Bertz CT molecular complexity index is 411. The summed E-state index contributed by atoms with van der Waals surface area (Å²) in [6.45, 7) is 4.52. The van der Waals surface area contributed by atoms with Crippen LogP contribution in [0.3, 0.4) is 0 Å². The van der Waals surface area contributed by atoms with Gasteiger partial charge in [0.25, 0.3) is 0 Å². The Morgan fingerprint density at radius 1 is 1.61 bits per heavy atom. The lowest BCUT2D eigenvalue weighted by atomic mass is 10.0. The standard InChI is InChI=1S/C13H20ClN3O/c1-9(18)10-5-6-17(7-10)8-12-11(14)3-4-13(15-2)16-12/h3-4,9-10,18H,5-8H2,1-2H3,(H,15,16). The maximum atomic E-state index is 9.59. The summed E-state index contributed by atoms with van der Waals surface area (Å²) in [4.78, 5) is 6.77. The van der Waals surface area contributed by atoms with Gasteiger partial charge in [-0.3, -0.25) is 4.90 Å². The molecule has 100 valence electrons. The molecule has 1 fully saturated rings. The second kappa shape index (κ2) is 5.87. The summed E-state index contributed by atoms with van der Waals surface area (Å²) in [6, 6.07) is 3.74. The molecule has 0 radical (unpaired) electrons. The van der Waals surface area contributed by atoms with E-state index in [1.165, 1.54) is 0 Å². The zero-order valence-electron chi connectivity index (χ0n) is 10.9. The van der Waals surface area contributed by atoms with Crippen LogP contribution < -0.4 is 5.32 Å². The van der Waals surface area contributed by atoms with E-state index in [0.29, 0.717) is 10.9 Å². The van der Waals surface area contributed by atoms with Crippen molar-refractivity contribution in [3.05, 3.63) is 22.8 Å². The van der Waals surface area contributed by atoms with Crippen LogP contribution in [0.4, 0.5) is 5.82 Å². The molecule has 2 atom stereocenters. The van der Waals surface area contributed by atoms with Crippen LogP contribution in [-0.4, -0.2) is 41.2 Å². The van der Waals surface area contributed by atoms with Gasteiger partial charge in [-0.2, -0.15) is 0 Å². The van der Waals surface area contributed by atoms with Gasteiger partial charge in [0, 0.05) is 20.1 Å². The first kappa shape index (κ1) is 13.6. The van der Waals surface area contributed by atoms with Crippen molar-refractivity contribution in [1.82, 2.24) is 9.88 Å². The lowest BCUT2D eigenvalue weighted by molar-refractivity contribution is 0.127. The number of anilines is 1.